The zero-order valence-electron chi connectivity index (χ0n) is 41.5. The zero-order chi connectivity index (χ0) is 56.3. The Hall–Kier alpha value is -7.81. The lowest BCUT2D eigenvalue weighted by molar-refractivity contribution is -0.143. The number of thiol groups is 1. The number of benzene rings is 2. The molecule has 6 atom stereocenters. The monoisotopic (exact) mass is 1060 g/mol. The summed E-state index contributed by atoms with van der Waals surface area (Å²) in [6.45, 7) is 7.10. The number of carboxylic acid groups (broad SMARTS) is 5. The third kappa shape index (κ3) is 26.1. The van der Waals surface area contributed by atoms with Gasteiger partial charge in [-0.25, -0.2) is 19.2 Å². The summed E-state index contributed by atoms with van der Waals surface area (Å²) in [5, 5.41) is 64.3. The van der Waals surface area contributed by atoms with Crippen LogP contribution in [0, 0.1) is 12.3 Å². The number of carboxylic acids is 5. The molecule has 0 bridgehead atoms. The Bertz CT molecular complexity index is 2290. The number of rotatable bonds is 30. The second-order valence-corrected chi connectivity index (χ2v) is 18.5. The van der Waals surface area contributed by atoms with Crippen molar-refractivity contribution in [2.24, 2.45) is 11.1 Å². The maximum Gasteiger partial charge on any atom is 0.327 e. The number of nitrogens with one attached hydrogen (secondary N) is 8. The summed E-state index contributed by atoms with van der Waals surface area (Å²) in [5.74, 6) is -12.9. The minimum atomic E-state index is -1.74. The summed E-state index contributed by atoms with van der Waals surface area (Å²) in [6.07, 6.45) is -2.96. The molecule has 0 fully saturated rings. The van der Waals surface area contributed by atoms with Crippen molar-refractivity contribution in [3.63, 3.8) is 0 Å². The van der Waals surface area contributed by atoms with Crippen LogP contribution in [0.15, 0.2) is 60.7 Å². The number of carbonyl (C=O) groups is 12. The van der Waals surface area contributed by atoms with Gasteiger partial charge in [0.25, 0.3) is 0 Å². The van der Waals surface area contributed by atoms with Gasteiger partial charge in [-0.2, -0.15) is 12.6 Å². The highest BCUT2D eigenvalue weighted by molar-refractivity contribution is 7.80. The van der Waals surface area contributed by atoms with Gasteiger partial charge in [-0.3, -0.25) is 38.4 Å². The summed E-state index contributed by atoms with van der Waals surface area (Å²) in [5.41, 5.74) is 5.35. The van der Waals surface area contributed by atoms with E-state index in [-0.39, 0.29) is 18.6 Å². The molecule has 0 saturated heterocycles. The molecule has 0 spiro atoms. The minimum absolute atomic E-state index is 0.0380. The van der Waals surface area contributed by atoms with Crippen LogP contribution in [0.25, 0.3) is 0 Å². The van der Waals surface area contributed by atoms with E-state index in [0.29, 0.717) is 5.56 Å². The fraction of sp³-hybridized carbons (Fsp3) is 0.489. The largest absolute Gasteiger partial charge is 0.481 e. The molecule has 6 unspecified atom stereocenters. The molecule has 2 rings (SSSR count). The van der Waals surface area contributed by atoms with Gasteiger partial charge >= 0.3 is 35.9 Å². The van der Waals surface area contributed by atoms with E-state index in [4.69, 9.17) is 15.9 Å². The minimum Gasteiger partial charge on any atom is -0.481 e. The van der Waals surface area contributed by atoms with Gasteiger partial charge in [0.15, 0.2) is 0 Å². The number of hydrogen-bond donors (Lipinski definition) is 15. The average molecular weight is 1060 g/mol. The Balaban J connectivity index is 0.00000358. The molecule has 8 amide bonds. The van der Waals surface area contributed by atoms with Gasteiger partial charge in [0.1, 0.15) is 36.3 Å². The summed E-state index contributed by atoms with van der Waals surface area (Å²) >= 11 is 3.81. The maximum absolute atomic E-state index is 13.8. The molecule has 74 heavy (non-hydrogen) atoms. The molecular weight excluding hydrogens is 995 g/mol. The van der Waals surface area contributed by atoms with Crippen LogP contribution in [0.3, 0.4) is 0 Å². The van der Waals surface area contributed by atoms with E-state index in [9.17, 15) is 72.9 Å². The molecule has 0 saturated carbocycles. The SMILES string of the molecule is CC(C)(CC(C)(C)C(=O)NC(Cc1ccccc1)C(=O)NCC(=O)NCC(N)C(=O)NC(CC(=O)O)C(=O)NC(CS)C(=O)O)NC(=O)CCC(NC(=O)NC(CCC(=O)O)C(=O)O)C(=O)O.Cc1ccccc1. The molecule has 0 aliphatic rings. The van der Waals surface area contributed by atoms with E-state index in [1.54, 1.807) is 44.2 Å². The second-order valence-electron chi connectivity index (χ2n) is 18.1. The van der Waals surface area contributed by atoms with Crippen molar-refractivity contribution < 1.29 is 83.1 Å². The first-order valence-electron chi connectivity index (χ1n) is 22.8. The maximum atomic E-state index is 13.8. The fourth-order valence-corrected chi connectivity index (χ4v) is 7.07. The molecule has 26 nitrogen and oxygen atoms in total. The second kappa shape index (κ2) is 31.6. The first-order chi connectivity index (χ1) is 34.5. The Morgan fingerprint density at radius 1 is 0.581 bits per heavy atom. The van der Waals surface area contributed by atoms with E-state index in [1.807, 2.05) is 34.1 Å². The van der Waals surface area contributed by atoms with Gasteiger partial charge in [-0.1, -0.05) is 80.1 Å². The molecule has 408 valence electrons. The van der Waals surface area contributed by atoms with Crippen LogP contribution >= 0.6 is 12.6 Å². The molecule has 27 heteroatoms. The van der Waals surface area contributed by atoms with Crippen LogP contribution in [0.4, 0.5) is 4.79 Å². The van der Waals surface area contributed by atoms with E-state index in [2.05, 4.69) is 58.3 Å². The lowest BCUT2D eigenvalue weighted by Crippen LogP contribution is -2.57. The van der Waals surface area contributed by atoms with Crippen molar-refractivity contribution in [1.82, 2.24) is 42.5 Å². The Kier molecular flexibility index (Phi) is 27.4. The summed E-state index contributed by atoms with van der Waals surface area (Å²) < 4.78 is 0. The number of carbonyl (C=O) groups excluding carboxylic acids is 7. The van der Waals surface area contributed by atoms with E-state index in [1.165, 1.54) is 19.4 Å². The Morgan fingerprint density at radius 3 is 1.57 bits per heavy atom. The van der Waals surface area contributed by atoms with Gasteiger partial charge < -0.3 is 73.8 Å². The number of aryl methyl sites for hydroxylation is 1. The van der Waals surface area contributed by atoms with Crippen molar-refractivity contribution in [2.45, 2.75) is 121 Å². The van der Waals surface area contributed by atoms with Gasteiger partial charge in [-0.15, -0.1) is 0 Å². The number of hydrogen-bond acceptors (Lipinski definition) is 14. The van der Waals surface area contributed by atoms with Crippen LogP contribution in [0.5, 0.6) is 0 Å². The van der Waals surface area contributed by atoms with Gasteiger partial charge in [0, 0.05) is 42.5 Å². The predicted octanol–water partition coefficient (Wildman–Crippen LogP) is -1.11. The number of aliphatic carboxylic acids is 5. The predicted molar refractivity (Wildman–Crippen MR) is 266 cm³/mol. The third-order valence-electron chi connectivity index (χ3n) is 10.4. The highest BCUT2D eigenvalue weighted by Gasteiger charge is 2.38. The topological polar surface area (TPSA) is 428 Å². The van der Waals surface area contributed by atoms with Crippen LogP contribution in [0.2, 0.25) is 0 Å². The van der Waals surface area contributed by atoms with Crippen LogP contribution in [0.1, 0.15) is 77.3 Å². The van der Waals surface area contributed by atoms with Gasteiger partial charge in [-0.05, 0) is 45.6 Å². The number of nitrogens with two attached hydrogens (primary N) is 1. The molecule has 0 aromatic heterocycles. The highest BCUT2D eigenvalue weighted by Crippen LogP contribution is 2.29. The Labute approximate surface area is 431 Å². The normalized spacial score (nSPS) is 13.4. The zero-order valence-corrected chi connectivity index (χ0v) is 42.4. The number of amides is 8. The van der Waals surface area contributed by atoms with Crippen molar-refractivity contribution in [1.29, 1.82) is 0 Å². The van der Waals surface area contributed by atoms with Crippen molar-refractivity contribution in [3.05, 3.63) is 71.8 Å². The summed E-state index contributed by atoms with van der Waals surface area (Å²) in [4.78, 5) is 147. The standard InChI is InChI=1S/C40H59N9O17S.C7H8/c1-39(2,19-40(3,4)49-27(50)12-10-22(34(59)60)47-38(66)48-23(35(61)62)11-13-29(52)53)37(65)46-24(14-20-8-6-5-7-9-20)32(57)43-17-28(51)42-16-21(41)31(56)44-25(15-30(54)55)33(58)45-26(18-67)36(63)64;1-7-5-3-2-4-6-7/h5-9,21-26,67H,10-19,41H2,1-4H3,(H,42,51)(H,43,57)(H,44,56)(H,45,58)(H,46,65)(H,49,50)(H,52,53)(H,54,55)(H,59,60)(H,61,62)(H,63,64)(H2,47,48,66);2-6H,1H3. The lowest BCUT2D eigenvalue weighted by atomic mass is 9.79. The van der Waals surface area contributed by atoms with Crippen molar-refractivity contribution in [2.75, 3.05) is 18.8 Å². The molecule has 2 aromatic carbocycles. The van der Waals surface area contributed by atoms with E-state index in [0.717, 1.165) is 0 Å². The van der Waals surface area contributed by atoms with Crippen LogP contribution < -0.4 is 48.3 Å². The molecule has 0 heterocycles. The van der Waals surface area contributed by atoms with E-state index >= 15 is 0 Å². The summed E-state index contributed by atoms with van der Waals surface area (Å²) in [6, 6.07) is 8.24. The van der Waals surface area contributed by atoms with Gasteiger partial charge in [0.2, 0.25) is 35.4 Å². The first-order valence-corrected chi connectivity index (χ1v) is 23.5. The van der Waals surface area contributed by atoms with Crippen molar-refractivity contribution >= 4 is 83.9 Å². The first kappa shape index (κ1) is 64.2. The molecular formula is C47H67N9O17S. The lowest BCUT2D eigenvalue weighted by Gasteiger charge is -2.35. The highest BCUT2D eigenvalue weighted by atomic mass is 32.1. The van der Waals surface area contributed by atoms with Gasteiger partial charge in [0.05, 0.1) is 13.0 Å². The molecule has 0 aliphatic heterocycles. The Morgan fingerprint density at radius 2 is 1.09 bits per heavy atom. The average Bonchev–Trinajstić information content (AvgIpc) is 3.30. The molecule has 0 aliphatic carbocycles. The molecule has 15 N–H and O–H groups in total. The van der Waals surface area contributed by atoms with Crippen LogP contribution in [-0.2, 0) is 59.2 Å². The third-order valence-corrected chi connectivity index (χ3v) is 10.8. The molecule has 0 radical (unpaired) electrons. The quantitative estimate of drug-likeness (QED) is 0.0413. The smallest absolute Gasteiger partial charge is 0.327 e. The fourth-order valence-electron chi connectivity index (χ4n) is 6.82. The van der Waals surface area contributed by atoms with Crippen LogP contribution in [-0.4, -0.2) is 157 Å². The summed E-state index contributed by atoms with van der Waals surface area (Å²) in [7, 11) is 0. The number of urea groups is 1. The molecule has 2 aromatic rings. The van der Waals surface area contributed by atoms with Crippen molar-refractivity contribution in [3.8, 4) is 0 Å². The van der Waals surface area contributed by atoms with E-state index < -0.39 is 164 Å².